The molecular formula is C14H18FN3O. The highest BCUT2D eigenvalue weighted by atomic mass is 19.1. The van der Waals surface area contributed by atoms with E-state index in [0.717, 1.165) is 26.2 Å². The predicted octanol–water partition coefficient (Wildman–Crippen LogP) is 1.12. The summed E-state index contributed by atoms with van der Waals surface area (Å²) in [6, 6.07) is 6.78. The van der Waals surface area contributed by atoms with E-state index >= 15 is 0 Å². The Bertz CT molecular complexity index is 466. The fourth-order valence-corrected chi connectivity index (χ4v) is 2.23. The van der Waals surface area contributed by atoms with Gasteiger partial charge < -0.3 is 10.1 Å². The van der Waals surface area contributed by atoms with Gasteiger partial charge in [-0.15, -0.1) is 0 Å². The zero-order valence-corrected chi connectivity index (χ0v) is 11.0. The Labute approximate surface area is 112 Å². The van der Waals surface area contributed by atoms with E-state index in [1.807, 2.05) is 18.0 Å². The van der Waals surface area contributed by atoms with Gasteiger partial charge in [-0.3, -0.25) is 4.90 Å². The third kappa shape index (κ3) is 3.74. The lowest BCUT2D eigenvalue weighted by Gasteiger charge is -2.28. The van der Waals surface area contributed by atoms with Gasteiger partial charge in [0.05, 0.1) is 18.3 Å². The molecule has 0 aromatic heterocycles. The van der Waals surface area contributed by atoms with E-state index in [2.05, 4.69) is 5.32 Å². The van der Waals surface area contributed by atoms with E-state index in [-0.39, 0.29) is 11.7 Å². The molecule has 5 heteroatoms. The number of nitrogens with zero attached hydrogens (tertiary/aromatic N) is 2. The van der Waals surface area contributed by atoms with E-state index in [1.165, 1.54) is 6.07 Å². The van der Waals surface area contributed by atoms with Gasteiger partial charge >= 0.3 is 0 Å². The van der Waals surface area contributed by atoms with Gasteiger partial charge in [0.25, 0.3) is 0 Å². The minimum Gasteiger partial charge on any atom is -0.374 e. The van der Waals surface area contributed by atoms with Crippen molar-refractivity contribution >= 4 is 0 Å². The van der Waals surface area contributed by atoms with Crippen molar-refractivity contribution in [3.05, 3.63) is 35.1 Å². The molecule has 19 heavy (non-hydrogen) atoms. The molecule has 0 bridgehead atoms. The van der Waals surface area contributed by atoms with E-state index in [0.29, 0.717) is 12.1 Å². The van der Waals surface area contributed by atoms with Crippen LogP contribution >= 0.6 is 0 Å². The third-order valence-electron chi connectivity index (χ3n) is 3.16. The highest BCUT2D eigenvalue weighted by molar-refractivity contribution is 5.34. The van der Waals surface area contributed by atoms with Crippen molar-refractivity contribution in [2.75, 3.05) is 33.3 Å². The first-order valence-corrected chi connectivity index (χ1v) is 6.39. The summed E-state index contributed by atoms with van der Waals surface area (Å²) in [7, 11) is 1.93. The molecule has 1 aromatic rings. The Morgan fingerprint density at radius 1 is 1.58 bits per heavy atom. The molecular weight excluding hydrogens is 245 g/mol. The number of hydrogen-bond acceptors (Lipinski definition) is 4. The monoisotopic (exact) mass is 263 g/mol. The van der Waals surface area contributed by atoms with Crippen LogP contribution in [0.1, 0.15) is 11.1 Å². The number of ether oxygens (including phenoxy) is 1. The molecule has 0 aliphatic carbocycles. The van der Waals surface area contributed by atoms with Crippen LogP contribution in [0.3, 0.4) is 0 Å². The van der Waals surface area contributed by atoms with Crippen LogP contribution < -0.4 is 5.32 Å². The summed E-state index contributed by atoms with van der Waals surface area (Å²) < 4.78 is 19.5. The number of benzene rings is 1. The lowest BCUT2D eigenvalue weighted by Crippen LogP contribution is -2.44. The molecule has 2 rings (SSSR count). The number of rotatable bonds is 4. The minimum atomic E-state index is -0.417. The molecule has 1 atom stereocenters. The quantitative estimate of drug-likeness (QED) is 0.884. The summed E-state index contributed by atoms with van der Waals surface area (Å²) >= 11 is 0. The van der Waals surface area contributed by atoms with Gasteiger partial charge in [0.15, 0.2) is 0 Å². The molecule has 1 aromatic carbocycles. The van der Waals surface area contributed by atoms with Gasteiger partial charge in [-0.25, -0.2) is 4.39 Å². The van der Waals surface area contributed by atoms with Crippen LogP contribution in [-0.4, -0.2) is 44.3 Å². The zero-order valence-electron chi connectivity index (χ0n) is 11.0. The second-order valence-corrected chi connectivity index (χ2v) is 4.78. The Morgan fingerprint density at radius 2 is 2.42 bits per heavy atom. The van der Waals surface area contributed by atoms with Crippen LogP contribution in [0.25, 0.3) is 0 Å². The molecule has 1 saturated heterocycles. The van der Waals surface area contributed by atoms with Gasteiger partial charge in [0.2, 0.25) is 0 Å². The SMILES string of the molecule is CN(Cc1cccc(C#N)c1F)CC1CNCCO1. The molecule has 0 radical (unpaired) electrons. The van der Waals surface area contributed by atoms with Gasteiger partial charge in [-0.2, -0.15) is 5.26 Å². The van der Waals surface area contributed by atoms with Crippen LogP contribution in [0, 0.1) is 17.1 Å². The topological polar surface area (TPSA) is 48.3 Å². The molecule has 0 saturated carbocycles. The number of hydrogen-bond donors (Lipinski definition) is 1. The van der Waals surface area contributed by atoms with E-state index in [9.17, 15) is 4.39 Å². The third-order valence-corrected chi connectivity index (χ3v) is 3.16. The molecule has 1 aliphatic rings. The van der Waals surface area contributed by atoms with E-state index < -0.39 is 5.82 Å². The molecule has 102 valence electrons. The van der Waals surface area contributed by atoms with E-state index in [4.69, 9.17) is 10.00 Å². The molecule has 1 N–H and O–H groups in total. The summed E-state index contributed by atoms with van der Waals surface area (Å²) in [5, 5.41) is 12.1. The van der Waals surface area contributed by atoms with Crippen LogP contribution in [0.2, 0.25) is 0 Å². The standard InChI is InChI=1S/C14H18FN3O/c1-18(10-13-8-17-5-6-19-13)9-12-4-2-3-11(7-16)14(12)15/h2-4,13,17H,5-6,8-10H2,1H3. The smallest absolute Gasteiger partial charge is 0.145 e. The van der Waals surface area contributed by atoms with Crippen LogP contribution in [0.15, 0.2) is 18.2 Å². The zero-order chi connectivity index (χ0) is 13.7. The van der Waals surface area contributed by atoms with Crippen LogP contribution in [0.4, 0.5) is 4.39 Å². The number of halogens is 1. The largest absolute Gasteiger partial charge is 0.374 e. The first kappa shape index (κ1) is 13.9. The van der Waals surface area contributed by atoms with Crippen molar-refractivity contribution in [3.8, 4) is 6.07 Å². The average Bonchev–Trinajstić information content (AvgIpc) is 2.42. The summed E-state index contributed by atoms with van der Waals surface area (Å²) in [5.41, 5.74) is 0.645. The fourth-order valence-electron chi connectivity index (χ4n) is 2.23. The lowest BCUT2D eigenvalue weighted by molar-refractivity contribution is 0.00870. The summed E-state index contributed by atoms with van der Waals surface area (Å²) in [6.07, 6.45) is 0.140. The number of nitriles is 1. The molecule has 0 amide bonds. The maximum atomic E-state index is 13.9. The second kappa shape index (κ2) is 6.62. The number of morpholine rings is 1. The highest BCUT2D eigenvalue weighted by Crippen LogP contribution is 2.14. The van der Waals surface area contributed by atoms with Crippen molar-refractivity contribution < 1.29 is 9.13 Å². The van der Waals surface area contributed by atoms with Crippen molar-refractivity contribution in [2.24, 2.45) is 0 Å². The Balaban J connectivity index is 1.95. The molecule has 0 spiro atoms. The Morgan fingerprint density at radius 3 is 3.11 bits per heavy atom. The van der Waals surface area contributed by atoms with Crippen molar-refractivity contribution in [1.29, 1.82) is 5.26 Å². The molecule has 1 unspecified atom stereocenters. The summed E-state index contributed by atoms with van der Waals surface area (Å²) in [5.74, 6) is -0.417. The van der Waals surface area contributed by atoms with Gasteiger partial charge in [-0.1, -0.05) is 12.1 Å². The second-order valence-electron chi connectivity index (χ2n) is 4.78. The van der Waals surface area contributed by atoms with Gasteiger partial charge in [0, 0.05) is 31.7 Å². The summed E-state index contributed by atoms with van der Waals surface area (Å²) in [6.45, 7) is 3.64. The molecule has 1 fully saturated rings. The van der Waals surface area contributed by atoms with Gasteiger partial charge in [0.1, 0.15) is 11.9 Å². The molecule has 1 aliphatic heterocycles. The van der Waals surface area contributed by atoms with Crippen molar-refractivity contribution in [2.45, 2.75) is 12.6 Å². The first-order chi connectivity index (χ1) is 9.20. The van der Waals surface area contributed by atoms with Gasteiger partial charge in [-0.05, 0) is 13.1 Å². The predicted molar refractivity (Wildman–Crippen MR) is 70.1 cm³/mol. The van der Waals surface area contributed by atoms with Crippen molar-refractivity contribution in [1.82, 2.24) is 10.2 Å². The Hall–Kier alpha value is -1.48. The minimum absolute atomic E-state index is 0.0986. The highest BCUT2D eigenvalue weighted by Gasteiger charge is 2.17. The molecule has 4 nitrogen and oxygen atoms in total. The summed E-state index contributed by atoms with van der Waals surface area (Å²) in [4.78, 5) is 2.01. The fraction of sp³-hybridized carbons (Fsp3) is 0.500. The lowest BCUT2D eigenvalue weighted by atomic mass is 10.1. The first-order valence-electron chi connectivity index (χ1n) is 6.39. The number of nitrogens with one attached hydrogen (secondary N) is 1. The van der Waals surface area contributed by atoms with Crippen molar-refractivity contribution in [3.63, 3.8) is 0 Å². The maximum absolute atomic E-state index is 13.9. The molecule has 1 heterocycles. The van der Waals surface area contributed by atoms with Crippen LogP contribution in [0.5, 0.6) is 0 Å². The maximum Gasteiger partial charge on any atom is 0.145 e. The Kier molecular flexibility index (Phi) is 4.86. The normalized spacial score (nSPS) is 19.4. The van der Waals surface area contributed by atoms with E-state index in [1.54, 1.807) is 12.1 Å². The van der Waals surface area contributed by atoms with Crippen LogP contribution in [-0.2, 0) is 11.3 Å². The number of likely N-dealkylation sites (N-methyl/N-ethyl adjacent to an activating group) is 1. The average molecular weight is 263 g/mol.